The molecule has 16 heteroatoms. The normalized spacial score (nSPS) is 11.7. The van der Waals surface area contributed by atoms with Crippen molar-refractivity contribution in [3.8, 4) is 21.1 Å². The molecule has 9 nitrogen and oxygen atoms in total. The van der Waals surface area contributed by atoms with E-state index in [-0.39, 0.29) is 5.91 Å². The number of aromatic nitrogens is 4. The molecule has 44 heavy (non-hydrogen) atoms. The van der Waals surface area contributed by atoms with Crippen LogP contribution in [-0.4, -0.2) is 56.0 Å². The molecule has 3 aromatic heterocycles. The Morgan fingerprint density at radius 2 is 1.64 bits per heavy atom. The second-order valence-electron chi connectivity index (χ2n) is 9.25. The van der Waals surface area contributed by atoms with Crippen LogP contribution in [-0.2, 0) is 24.6 Å². The lowest BCUT2D eigenvalue weighted by Gasteiger charge is -2.08. The lowest BCUT2D eigenvalue weighted by molar-refractivity contribution is -0.192. The Morgan fingerprint density at radius 3 is 2.25 bits per heavy atom. The maximum Gasteiger partial charge on any atom is 0.490 e. The van der Waals surface area contributed by atoms with Crippen LogP contribution >= 0.6 is 11.3 Å². The number of hydrogen-bond acceptors (Lipinski definition) is 6. The van der Waals surface area contributed by atoms with E-state index in [1.165, 1.54) is 22.1 Å². The van der Waals surface area contributed by atoms with Crippen molar-refractivity contribution >= 4 is 34.2 Å². The number of halogens is 6. The zero-order valence-corrected chi connectivity index (χ0v) is 23.6. The number of fused-ring (bicyclic) bond motifs is 1. The van der Waals surface area contributed by atoms with Crippen molar-refractivity contribution in [1.29, 1.82) is 0 Å². The Labute approximate surface area is 249 Å². The summed E-state index contributed by atoms with van der Waals surface area (Å²) in [6.07, 6.45) is -7.89. The number of carbonyl (C=O) groups excluding carboxylic acids is 1. The predicted molar refractivity (Wildman–Crippen MR) is 151 cm³/mol. The predicted octanol–water partition coefficient (Wildman–Crippen LogP) is 5.86. The number of nitrogens with one attached hydrogen (secondary N) is 3. The van der Waals surface area contributed by atoms with Crippen molar-refractivity contribution in [1.82, 2.24) is 30.4 Å². The number of carboxylic acid groups (broad SMARTS) is 1. The van der Waals surface area contributed by atoms with Gasteiger partial charge >= 0.3 is 18.3 Å². The topological polar surface area (TPSA) is 125 Å². The Bertz CT molecular complexity index is 1740. The highest BCUT2D eigenvalue weighted by Crippen LogP contribution is 2.35. The standard InChI is InChI=1S/C26H23F3N6OS.C2HF3O2/c1-35-21(10-11-32-35)25(36)31-13-12-30-15-16-2-4-17(5-3-16)22-8-9-23(37-22)24-33-19-7-6-18(26(27,28)29)14-20(19)34-24;3-2(4,5)1(6)7/h2-11,14,30H,12-13,15H2,1H3,(H,31,36)(H,33,34);(H,6,7). The molecule has 0 radical (unpaired) electrons. The highest BCUT2D eigenvalue weighted by Gasteiger charge is 2.38. The largest absolute Gasteiger partial charge is 0.490 e. The second kappa shape index (κ2) is 13.3. The number of carbonyl (C=O) groups is 2. The van der Waals surface area contributed by atoms with Crippen LogP contribution in [0.2, 0.25) is 0 Å². The monoisotopic (exact) mass is 638 g/mol. The molecule has 0 aliphatic rings. The van der Waals surface area contributed by atoms with Crippen molar-refractivity contribution in [2.75, 3.05) is 13.1 Å². The van der Waals surface area contributed by atoms with E-state index >= 15 is 0 Å². The molecule has 2 aromatic carbocycles. The summed E-state index contributed by atoms with van der Waals surface area (Å²) in [6.45, 7) is 1.79. The van der Waals surface area contributed by atoms with Gasteiger partial charge < -0.3 is 20.7 Å². The van der Waals surface area contributed by atoms with Crippen LogP contribution in [0.4, 0.5) is 26.3 Å². The van der Waals surface area contributed by atoms with Crippen molar-refractivity contribution in [3.63, 3.8) is 0 Å². The first-order valence-electron chi connectivity index (χ1n) is 12.8. The summed E-state index contributed by atoms with van der Waals surface area (Å²) in [5, 5.41) is 17.3. The van der Waals surface area contributed by atoms with E-state index in [1.54, 1.807) is 19.3 Å². The summed E-state index contributed by atoms with van der Waals surface area (Å²) >= 11 is 1.52. The van der Waals surface area contributed by atoms with E-state index < -0.39 is 23.9 Å². The van der Waals surface area contributed by atoms with Gasteiger partial charge in [0.05, 0.1) is 21.5 Å². The average Bonchev–Trinajstić information content (AvgIpc) is 3.71. The van der Waals surface area contributed by atoms with E-state index in [9.17, 15) is 31.1 Å². The van der Waals surface area contributed by atoms with E-state index in [4.69, 9.17) is 9.90 Å². The van der Waals surface area contributed by atoms with Gasteiger partial charge in [0.25, 0.3) is 5.91 Å². The fourth-order valence-corrected chi connectivity index (χ4v) is 4.85. The van der Waals surface area contributed by atoms with E-state index in [1.807, 2.05) is 36.4 Å². The minimum absolute atomic E-state index is 0.157. The Morgan fingerprint density at radius 1 is 0.955 bits per heavy atom. The Kier molecular flexibility index (Phi) is 9.74. The molecule has 0 atom stereocenters. The summed E-state index contributed by atoms with van der Waals surface area (Å²) in [6, 6.07) is 17.2. The van der Waals surface area contributed by atoms with Crippen LogP contribution < -0.4 is 10.6 Å². The number of carboxylic acids is 1. The minimum atomic E-state index is -5.08. The van der Waals surface area contributed by atoms with Gasteiger partial charge in [-0.15, -0.1) is 11.3 Å². The van der Waals surface area contributed by atoms with Crippen LogP contribution in [0.3, 0.4) is 0 Å². The smallest absolute Gasteiger partial charge is 0.475 e. The molecule has 3 heterocycles. The van der Waals surface area contributed by atoms with Crippen molar-refractivity contribution in [3.05, 3.63) is 83.7 Å². The maximum absolute atomic E-state index is 13.0. The van der Waals surface area contributed by atoms with Gasteiger partial charge in [0.15, 0.2) is 0 Å². The Balaban J connectivity index is 0.000000566. The Hall–Kier alpha value is -4.70. The summed E-state index contributed by atoms with van der Waals surface area (Å²) in [5.41, 5.74) is 2.81. The molecule has 232 valence electrons. The molecule has 4 N–H and O–H groups in total. The van der Waals surface area contributed by atoms with Gasteiger partial charge in [0.1, 0.15) is 11.5 Å². The van der Waals surface area contributed by atoms with Crippen LogP contribution in [0.25, 0.3) is 32.2 Å². The van der Waals surface area contributed by atoms with Crippen molar-refractivity contribution in [2.24, 2.45) is 7.05 Å². The van der Waals surface area contributed by atoms with Crippen molar-refractivity contribution < 1.29 is 41.0 Å². The molecular formula is C28H24F6N6O3S. The fraction of sp³-hybridized carbons (Fsp3) is 0.214. The van der Waals surface area contributed by atoms with Crippen LogP contribution in [0.1, 0.15) is 21.6 Å². The molecule has 0 unspecified atom stereocenters. The number of nitrogens with zero attached hydrogens (tertiary/aromatic N) is 3. The van der Waals surface area contributed by atoms with E-state index in [0.717, 1.165) is 33.0 Å². The van der Waals surface area contributed by atoms with E-state index in [2.05, 4.69) is 25.7 Å². The first-order valence-corrected chi connectivity index (χ1v) is 13.6. The number of aromatic amines is 1. The number of hydrogen-bond donors (Lipinski definition) is 4. The lowest BCUT2D eigenvalue weighted by Crippen LogP contribution is -2.32. The van der Waals surface area contributed by atoms with Gasteiger partial charge in [-0.1, -0.05) is 24.3 Å². The zero-order chi connectivity index (χ0) is 32.1. The van der Waals surface area contributed by atoms with Crippen molar-refractivity contribution in [2.45, 2.75) is 18.9 Å². The number of thiophene rings is 1. The highest BCUT2D eigenvalue weighted by atomic mass is 32.1. The molecule has 0 spiro atoms. The summed E-state index contributed by atoms with van der Waals surface area (Å²) < 4.78 is 72.3. The number of alkyl halides is 6. The number of rotatable bonds is 8. The molecule has 5 aromatic rings. The molecule has 0 aliphatic heterocycles. The van der Waals surface area contributed by atoms with Gasteiger partial charge in [-0.25, -0.2) is 9.78 Å². The molecule has 0 saturated carbocycles. The molecule has 0 saturated heterocycles. The molecular weight excluding hydrogens is 614 g/mol. The molecule has 0 fully saturated rings. The molecule has 1 amide bonds. The number of aliphatic carboxylic acids is 1. The fourth-order valence-electron chi connectivity index (χ4n) is 3.89. The summed E-state index contributed by atoms with van der Waals surface area (Å²) in [5.74, 6) is -2.37. The number of aryl methyl sites for hydroxylation is 1. The summed E-state index contributed by atoms with van der Waals surface area (Å²) in [4.78, 5) is 30.3. The second-order valence-corrected chi connectivity index (χ2v) is 10.3. The highest BCUT2D eigenvalue weighted by molar-refractivity contribution is 7.18. The van der Waals surface area contributed by atoms with E-state index in [0.29, 0.717) is 42.2 Å². The molecule has 5 rings (SSSR count). The number of amides is 1. The van der Waals surface area contributed by atoms with Crippen LogP contribution in [0.15, 0.2) is 66.9 Å². The number of H-pyrrole nitrogens is 1. The first-order chi connectivity index (χ1) is 20.7. The molecule has 0 aliphatic carbocycles. The summed E-state index contributed by atoms with van der Waals surface area (Å²) in [7, 11) is 1.72. The quantitative estimate of drug-likeness (QED) is 0.125. The first kappa shape index (κ1) is 32.2. The third kappa shape index (κ3) is 8.23. The van der Waals surface area contributed by atoms with Gasteiger partial charge in [-0.2, -0.15) is 31.4 Å². The average molecular weight is 639 g/mol. The number of benzene rings is 2. The lowest BCUT2D eigenvalue weighted by atomic mass is 10.1. The van der Waals surface area contributed by atoms with Gasteiger partial charge in [0.2, 0.25) is 0 Å². The van der Waals surface area contributed by atoms with Gasteiger partial charge in [-0.3, -0.25) is 9.48 Å². The number of imidazole rings is 1. The van der Waals surface area contributed by atoms with Crippen LogP contribution in [0, 0.1) is 0 Å². The SMILES string of the molecule is Cn1nccc1C(=O)NCCNCc1ccc(-c2ccc(-c3nc4ccc(C(F)(F)F)cc4[nH]3)s2)cc1.O=C(O)C(F)(F)F. The van der Waals surface area contributed by atoms with Crippen LogP contribution in [0.5, 0.6) is 0 Å². The minimum Gasteiger partial charge on any atom is -0.475 e. The zero-order valence-electron chi connectivity index (χ0n) is 22.8. The molecule has 0 bridgehead atoms. The van der Waals surface area contributed by atoms with Gasteiger partial charge in [0, 0.05) is 37.8 Å². The maximum atomic E-state index is 13.0. The third-order valence-electron chi connectivity index (χ3n) is 6.10. The third-order valence-corrected chi connectivity index (χ3v) is 7.24. The van der Waals surface area contributed by atoms with Gasteiger partial charge in [-0.05, 0) is 47.5 Å².